The number of nitrogens with zero attached hydrogens (tertiary/aromatic N) is 1. The van der Waals surface area contributed by atoms with Crippen LogP contribution in [0.4, 0.5) is 4.79 Å². The highest BCUT2D eigenvalue weighted by atomic mass is 16.8. The van der Waals surface area contributed by atoms with Crippen LogP contribution in [0.15, 0.2) is 0 Å². The molecule has 0 amide bonds. The fraction of sp³-hybridized carbons (Fsp3) is 0.667. The van der Waals surface area contributed by atoms with Crippen LogP contribution >= 0.6 is 0 Å². The minimum atomic E-state index is -1.41. The minimum Gasteiger partial charge on any atom is -0.466 e. The Balaban J connectivity index is 2.21. The third kappa shape index (κ3) is 3.50. The Kier molecular flexibility index (Phi) is 4.24. The van der Waals surface area contributed by atoms with E-state index in [1.165, 1.54) is 0 Å². The lowest BCUT2D eigenvalue weighted by molar-refractivity contribution is -0.187. The lowest BCUT2D eigenvalue weighted by Gasteiger charge is -2.34. The Morgan fingerprint density at radius 2 is 2.00 bits per heavy atom. The van der Waals surface area contributed by atoms with Crippen LogP contribution < -0.4 is 0 Å². The Bertz CT molecular complexity index is 296. The van der Waals surface area contributed by atoms with Gasteiger partial charge in [-0.1, -0.05) is 0 Å². The molecule has 7 heteroatoms. The van der Waals surface area contributed by atoms with E-state index in [0.29, 0.717) is 0 Å². The van der Waals surface area contributed by atoms with E-state index in [2.05, 4.69) is 9.57 Å². The number of rotatable bonds is 5. The van der Waals surface area contributed by atoms with Crippen molar-refractivity contribution in [2.24, 2.45) is 5.92 Å². The molecule has 0 radical (unpaired) electrons. The van der Waals surface area contributed by atoms with Crippen LogP contribution in [0.1, 0.15) is 13.3 Å². The van der Waals surface area contributed by atoms with Gasteiger partial charge in [-0.25, -0.2) is 4.79 Å². The second kappa shape index (κ2) is 5.45. The number of carbonyl (C=O) groups excluding carboxylic acids is 2. The van der Waals surface area contributed by atoms with Crippen LogP contribution in [0, 0.1) is 5.92 Å². The summed E-state index contributed by atoms with van der Waals surface area (Å²) in [6, 6.07) is 0. The van der Waals surface area contributed by atoms with Gasteiger partial charge in [0.15, 0.2) is 0 Å². The zero-order valence-electron chi connectivity index (χ0n) is 8.84. The predicted octanol–water partition coefficient (Wildman–Crippen LogP) is 0.0501. The fourth-order valence-electron chi connectivity index (χ4n) is 1.33. The van der Waals surface area contributed by atoms with E-state index in [4.69, 9.17) is 5.11 Å². The first-order chi connectivity index (χ1) is 7.52. The van der Waals surface area contributed by atoms with Crippen LogP contribution in [0.25, 0.3) is 0 Å². The maximum absolute atomic E-state index is 11.4. The van der Waals surface area contributed by atoms with Gasteiger partial charge in [-0.3, -0.25) is 9.59 Å². The number of hydrogen-bond acceptors (Lipinski definition) is 6. The smallest absolute Gasteiger partial charge is 0.466 e. The topological polar surface area (TPSA) is 93.1 Å². The summed E-state index contributed by atoms with van der Waals surface area (Å²) in [5.41, 5.74) is 0. The monoisotopic (exact) mass is 231 g/mol. The number of hydrogen-bond donors (Lipinski definition) is 1. The van der Waals surface area contributed by atoms with Crippen molar-refractivity contribution in [1.82, 2.24) is 5.06 Å². The Morgan fingerprint density at radius 1 is 1.38 bits per heavy atom. The number of Topliss-reactive ketones (excluding diaryl/α,β-unsaturated/α-hetero) is 1. The Morgan fingerprint density at radius 3 is 2.50 bits per heavy atom. The first kappa shape index (κ1) is 12.4. The number of esters is 1. The summed E-state index contributed by atoms with van der Waals surface area (Å²) in [5.74, 6) is -1.14. The van der Waals surface area contributed by atoms with Gasteiger partial charge in [0.1, 0.15) is 12.2 Å². The quantitative estimate of drug-likeness (QED) is 0.527. The summed E-state index contributed by atoms with van der Waals surface area (Å²) < 4.78 is 4.62. The molecule has 0 aromatic rings. The molecule has 90 valence electrons. The van der Waals surface area contributed by atoms with Crippen molar-refractivity contribution in [2.45, 2.75) is 13.3 Å². The molecule has 0 unspecified atom stereocenters. The molecule has 0 saturated carbocycles. The molecule has 1 heterocycles. The Labute approximate surface area is 91.9 Å². The first-order valence-corrected chi connectivity index (χ1v) is 4.87. The minimum absolute atomic E-state index is 0.199. The number of hydroxylamine groups is 2. The van der Waals surface area contributed by atoms with Gasteiger partial charge in [0, 0.05) is 13.1 Å². The highest BCUT2D eigenvalue weighted by Gasteiger charge is 2.36. The molecule has 1 N–H and O–H groups in total. The predicted molar refractivity (Wildman–Crippen MR) is 50.4 cm³/mol. The lowest BCUT2D eigenvalue weighted by atomic mass is 9.95. The molecule has 0 atom stereocenters. The molecule has 0 aromatic carbocycles. The van der Waals surface area contributed by atoms with Crippen LogP contribution in [0.2, 0.25) is 0 Å². The second-order valence-corrected chi connectivity index (χ2v) is 3.35. The average Bonchev–Trinajstić information content (AvgIpc) is 2.10. The lowest BCUT2D eigenvalue weighted by Crippen LogP contribution is -2.51. The molecule has 1 saturated heterocycles. The number of ether oxygens (including phenoxy) is 1. The van der Waals surface area contributed by atoms with E-state index in [-0.39, 0.29) is 37.8 Å². The van der Waals surface area contributed by atoms with Crippen LogP contribution in [-0.2, 0) is 19.2 Å². The normalized spacial score (nSPS) is 16.3. The third-order valence-corrected chi connectivity index (χ3v) is 2.13. The van der Waals surface area contributed by atoms with Crippen molar-refractivity contribution in [3.63, 3.8) is 0 Å². The average molecular weight is 231 g/mol. The van der Waals surface area contributed by atoms with E-state index in [9.17, 15) is 14.4 Å². The Hall–Kier alpha value is -1.63. The summed E-state index contributed by atoms with van der Waals surface area (Å²) in [7, 11) is 0. The van der Waals surface area contributed by atoms with Gasteiger partial charge in [-0.2, -0.15) is 0 Å². The number of ketones is 1. The van der Waals surface area contributed by atoms with Crippen molar-refractivity contribution in [1.29, 1.82) is 0 Å². The second-order valence-electron chi connectivity index (χ2n) is 3.35. The summed E-state index contributed by atoms with van der Waals surface area (Å²) >= 11 is 0. The molecule has 0 aromatic heterocycles. The van der Waals surface area contributed by atoms with Crippen molar-refractivity contribution >= 4 is 17.9 Å². The molecule has 1 aliphatic rings. The van der Waals surface area contributed by atoms with Crippen LogP contribution in [0.5, 0.6) is 0 Å². The van der Waals surface area contributed by atoms with Crippen molar-refractivity contribution < 1.29 is 29.1 Å². The zero-order valence-corrected chi connectivity index (χ0v) is 8.84. The molecule has 0 aliphatic carbocycles. The third-order valence-electron chi connectivity index (χ3n) is 2.13. The molecule has 1 fully saturated rings. The molecule has 7 nitrogen and oxygen atoms in total. The molecular formula is C9H13NO6. The molecule has 0 bridgehead atoms. The van der Waals surface area contributed by atoms with E-state index in [0.717, 1.165) is 5.06 Å². The first-order valence-electron chi connectivity index (χ1n) is 4.87. The van der Waals surface area contributed by atoms with Crippen molar-refractivity contribution in [3.05, 3.63) is 0 Å². The van der Waals surface area contributed by atoms with Gasteiger partial charge in [-0.15, -0.1) is 5.06 Å². The van der Waals surface area contributed by atoms with Gasteiger partial charge >= 0.3 is 12.1 Å². The highest BCUT2D eigenvalue weighted by molar-refractivity contribution is 5.97. The van der Waals surface area contributed by atoms with E-state index >= 15 is 0 Å². The van der Waals surface area contributed by atoms with Gasteiger partial charge in [0.2, 0.25) is 0 Å². The van der Waals surface area contributed by atoms with Crippen molar-refractivity contribution in [3.8, 4) is 0 Å². The SMILES string of the molecule is CCOC(=O)CC(=O)C1CN(OC(=O)O)C1. The molecule has 1 aliphatic heterocycles. The number of carbonyl (C=O) groups is 3. The molecule has 16 heavy (non-hydrogen) atoms. The summed E-state index contributed by atoms with van der Waals surface area (Å²) in [5, 5.41) is 9.42. The van der Waals surface area contributed by atoms with E-state index in [1.807, 2.05) is 0 Å². The van der Waals surface area contributed by atoms with E-state index in [1.54, 1.807) is 6.92 Å². The summed E-state index contributed by atoms with van der Waals surface area (Å²) in [6.07, 6.45) is -1.67. The standard InChI is InChI=1S/C9H13NO6/c1-2-15-8(12)3-7(11)6-4-10(5-6)16-9(13)14/h6H,2-5H2,1H3,(H,13,14). The summed E-state index contributed by atoms with van der Waals surface area (Å²) in [6.45, 7) is 2.30. The fourth-order valence-corrected chi connectivity index (χ4v) is 1.33. The molecular weight excluding hydrogens is 218 g/mol. The zero-order chi connectivity index (χ0) is 12.1. The molecule has 0 spiro atoms. The maximum atomic E-state index is 11.4. The van der Waals surface area contributed by atoms with E-state index < -0.39 is 12.1 Å². The maximum Gasteiger partial charge on any atom is 0.525 e. The van der Waals surface area contributed by atoms with Gasteiger partial charge < -0.3 is 14.7 Å². The van der Waals surface area contributed by atoms with Crippen LogP contribution in [0.3, 0.4) is 0 Å². The van der Waals surface area contributed by atoms with Crippen LogP contribution in [-0.4, -0.2) is 47.8 Å². The summed E-state index contributed by atoms with van der Waals surface area (Å²) in [4.78, 5) is 36.8. The van der Waals surface area contributed by atoms with Gasteiger partial charge in [0.25, 0.3) is 0 Å². The highest BCUT2D eigenvalue weighted by Crippen LogP contribution is 2.18. The molecule has 1 rings (SSSR count). The number of carboxylic acid groups (broad SMARTS) is 1. The van der Waals surface area contributed by atoms with Gasteiger partial charge in [0.05, 0.1) is 12.5 Å². The largest absolute Gasteiger partial charge is 0.525 e. The van der Waals surface area contributed by atoms with Crippen molar-refractivity contribution in [2.75, 3.05) is 19.7 Å². The van der Waals surface area contributed by atoms with Gasteiger partial charge in [-0.05, 0) is 6.92 Å².